The van der Waals surface area contributed by atoms with Crippen LogP contribution >= 0.6 is 0 Å². The van der Waals surface area contributed by atoms with E-state index in [1.807, 2.05) is 0 Å². The van der Waals surface area contributed by atoms with Crippen molar-refractivity contribution in [1.29, 1.82) is 0 Å². The summed E-state index contributed by atoms with van der Waals surface area (Å²) in [5.74, 6) is 0. The molecule has 1 heteroatoms. The molecule has 1 N–H and O–H groups in total. The Hall–Kier alpha value is -1.08. The fraction of sp³-hybridized carbons (Fsp3) is 0.529. The lowest BCUT2D eigenvalue weighted by molar-refractivity contribution is 0.431. The second-order valence-electron chi connectivity index (χ2n) is 6.14. The largest absolute Gasteiger partial charge is 0.312 e. The Morgan fingerprint density at radius 1 is 1.00 bits per heavy atom. The van der Waals surface area contributed by atoms with Crippen LogP contribution in [0.5, 0.6) is 0 Å². The molecule has 0 radical (unpaired) electrons. The number of rotatable bonds is 5. The van der Waals surface area contributed by atoms with E-state index in [1.54, 1.807) is 0 Å². The summed E-state index contributed by atoms with van der Waals surface area (Å²) in [4.78, 5) is 0. The van der Waals surface area contributed by atoms with Gasteiger partial charge in [0.05, 0.1) is 0 Å². The number of hydrogen-bond donors (Lipinski definition) is 1. The Balaban J connectivity index is 2.32. The highest BCUT2D eigenvalue weighted by Gasteiger charge is 2.06. The molecule has 0 atom stereocenters. The van der Waals surface area contributed by atoms with E-state index in [1.165, 1.54) is 16.7 Å². The van der Waals surface area contributed by atoms with Crippen molar-refractivity contribution in [1.82, 2.24) is 5.32 Å². The highest BCUT2D eigenvalue weighted by molar-refractivity contribution is 5.29. The van der Waals surface area contributed by atoms with Crippen LogP contribution < -0.4 is 5.32 Å². The van der Waals surface area contributed by atoms with Crippen LogP contribution in [-0.2, 0) is 6.42 Å². The summed E-state index contributed by atoms with van der Waals surface area (Å²) >= 11 is 0. The molecule has 1 nitrogen and oxygen atoms in total. The zero-order valence-corrected chi connectivity index (χ0v) is 12.5. The Bertz CT molecular complexity index is 376. The zero-order chi connectivity index (χ0) is 13.6. The third kappa shape index (κ3) is 6.61. The maximum absolute atomic E-state index is 3.49. The van der Waals surface area contributed by atoms with E-state index < -0.39 is 0 Å². The van der Waals surface area contributed by atoms with Gasteiger partial charge in [-0.15, -0.1) is 0 Å². The molecule has 0 aliphatic heterocycles. The quantitative estimate of drug-likeness (QED) is 0.606. The summed E-state index contributed by atoms with van der Waals surface area (Å²) < 4.78 is 0. The molecule has 1 aromatic rings. The highest BCUT2D eigenvalue weighted by Crippen LogP contribution is 2.09. The van der Waals surface area contributed by atoms with Crippen molar-refractivity contribution in [2.45, 2.75) is 53.0 Å². The number of hydrogen-bond acceptors (Lipinski definition) is 1. The van der Waals surface area contributed by atoms with Crippen molar-refractivity contribution in [2.75, 3.05) is 6.54 Å². The van der Waals surface area contributed by atoms with Gasteiger partial charge in [-0.1, -0.05) is 41.5 Å². The van der Waals surface area contributed by atoms with Gasteiger partial charge in [0.15, 0.2) is 0 Å². The van der Waals surface area contributed by atoms with Gasteiger partial charge in [-0.25, -0.2) is 0 Å². The Kier molecular flexibility index (Phi) is 5.61. The minimum atomic E-state index is 0.224. The Morgan fingerprint density at radius 3 is 2.17 bits per heavy atom. The Labute approximate surface area is 112 Å². The lowest BCUT2D eigenvalue weighted by Crippen LogP contribution is -2.36. The van der Waals surface area contributed by atoms with Crippen LogP contribution in [0.2, 0.25) is 0 Å². The molecule has 0 spiro atoms. The molecule has 0 fully saturated rings. The molecule has 0 unspecified atom stereocenters. The van der Waals surface area contributed by atoms with Gasteiger partial charge in [0.2, 0.25) is 0 Å². The minimum absolute atomic E-state index is 0.224. The molecule has 0 saturated heterocycles. The van der Waals surface area contributed by atoms with Crippen molar-refractivity contribution in [3.05, 3.63) is 47.0 Å². The maximum atomic E-state index is 3.49. The lowest BCUT2D eigenvalue weighted by Gasteiger charge is -2.19. The molecule has 0 saturated carbocycles. The van der Waals surface area contributed by atoms with E-state index in [2.05, 4.69) is 70.3 Å². The average molecular weight is 245 g/mol. The molecule has 0 heterocycles. The second-order valence-corrected chi connectivity index (χ2v) is 6.14. The van der Waals surface area contributed by atoms with E-state index in [-0.39, 0.29) is 5.54 Å². The van der Waals surface area contributed by atoms with Crippen molar-refractivity contribution >= 4 is 0 Å². The molecule has 0 aliphatic rings. The highest BCUT2D eigenvalue weighted by atomic mass is 14.9. The van der Waals surface area contributed by atoms with Crippen LogP contribution in [0, 0.1) is 13.8 Å². The summed E-state index contributed by atoms with van der Waals surface area (Å²) in [5, 5.41) is 3.49. The van der Waals surface area contributed by atoms with Crippen molar-refractivity contribution < 1.29 is 0 Å². The van der Waals surface area contributed by atoms with Gasteiger partial charge in [0.25, 0.3) is 0 Å². The first kappa shape index (κ1) is 15.0. The normalized spacial score (nSPS) is 12.3. The molecule has 1 aromatic carbocycles. The second kappa shape index (κ2) is 6.75. The number of allylic oxidation sites excluding steroid dienone is 1. The van der Waals surface area contributed by atoms with Gasteiger partial charge in [-0.2, -0.15) is 0 Å². The van der Waals surface area contributed by atoms with E-state index in [0.29, 0.717) is 0 Å². The molecule has 100 valence electrons. The lowest BCUT2D eigenvalue weighted by atomic mass is 10.0. The summed E-state index contributed by atoms with van der Waals surface area (Å²) in [6.45, 7) is 12.0. The van der Waals surface area contributed by atoms with Crippen LogP contribution in [0.3, 0.4) is 0 Å². The fourth-order valence-corrected chi connectivity index (χ4v) is 2.05. The first-order valence-corrected chi connectivity index (χ1v) is 6.84. The first-order chi connectivity index (χ1) is 8.37. The first-order valence-electron chi connectivity index (χ1n) is 6.84. The third-order valence-electron chi connectivity index (χ3n) is 2.77. The number of benzene rings is 1. The number of aryl methyl sites for hydroxylation is 2. The summed E-state index contributed by atoms with van der Waals surface area (Å²) in [7, 11) is 0. The molecule has 0 amide bonds. The van der Waals surface area contributed by atoms with Crippen LogP contribution in [0.4, 0.5) is 0 Å². The van der Waals surface area contributed by atoms with Crippen LogP contribution in [0.15, 0.2) is 30.4 Å². The standard InChI is InChI=1S/C17H27N/c1-14-11-15(2)13-16(12-14)9-7-6-8-10-18-17(3,4)5/h6-7,11-13,18H,8-10H2,1-5H3. The molecule has 0 aliphatic carbocycles. The molecular weight excluding hydrogens is 218 g/mol. The molecular formula is C17H27N. The monoisotopic (exact) mass is 245 g/mol. The topological polar surface area (TPSA) is 12.0 Å². The predicted molar refractivity (Wildman–Crippen MR) is 81.1 cm³/mol. The van der Waals surface area contributed by atoms with Crippen LogP contribution in [0.1, 0.15) is 43.9 Å². The van der Waals surface area contributed by atoms with Gasteiger partial charge in [-0.05, 0) is 59.6 Å². The van der Waals surface area contributed by atoms with Crippen LogP contribution in [0.25, 0.3) is 0 Å². The summed E-state index contributed by atoms with van der Waals surface area (Å²) in [6.07, 6.45) is 6.69. The molecule has 0 bridgehead atoms. The van der Waals surface area contributed by atoms with Crippen molar-refractivity contribution in [3.63, 3.8) is 0 Å². The van der Waals surface area contributed by atoms with Gasteiger partial charge >= 0.3 is 0 Å². The van der Waals surface area contributed by atoms with E-state index in [9.17, 15) is 0 Å². The minimum Gasteiger partial charge on any atom is -0.312 e. The third-order valence-corrected chi connectivity index (χ3v) is 2.77. The van der Waals surface area contributed by atoms with Crippen LogP contribution in [-0.4, -0.2) is 12.1 Å². The molecule has 0 aromatic heterocycles. The Morgan fingerprint density at radius 2 is 1.61 bits per heavy atom. The van der Waals surface area contributed by atoms with E-state index >= 15 is 0 Å². The van der Waals surface area contributed by atoms with Crippen molar-refractivity contribution in [2.24, 2.45) is 0 Å². The van der Waals surface area contributed by atoms with Gasteiger partial charge in [-0.3, -0.25) is 0 Å². The molecule has 18 heavy (non-hydrogen) atoms. The smallest absolute Gasteiger partial charge is 0.00966 e. The zero-order valence-electron chi connectivity index (χ0n) is 12.5. The van der Waals surface area contributed by atoms with Gasteiger partial charge in [0.1, 0.15) is 0 Å². The molecule has 1 rings (SSSR count). The van der Waals surface area contributed by atoms with Gasteiger partial charge in [0, 0.05) is 5.54 Å². The predicted octanol–water partition coefficient (Wildman–Crippen LogP) is 4.18. The SMILES string of the molecule is Cc1cc(C)cc(CC=CCCNC(C)(C)C)c1. The summed E-state index contributed by atoms with van der Waals surface area (Å²) in [6, 6.07) is 6.76. The van der Waals surface area contributed by atoms with Crippen molar-refractivity contribution in [3.8, 4) is 0 Å². The number of nitrogens with one attached hydrogen (secondary N) is 1. The average Bonchev–Trinajstić information content (AvgIpc) is 2.20. The van der Waals surface area contributed by atoms with E-state index in [0.717, 1.165) is 19.4 Å². The maximum Gasteiger partial charge on any atom is 0.00966 e. The van der Waals surface area contributed by atoms with Gasteiger partial charge < -0.3 is 5.32 Å². The summed E-state index contributed by atoms with van der Waals surface area (Å²) in [5.41, 5.74) is 4.34. The van der Waals surface area contributed by atoms with E-state index in [4.69, 9.17) is 0 Å². The fourth-order valence-electron chi connectivity index (χ4n) is 2.05.